The average molecular weight is 565 g/mol. The number of oxime groups is 1. The van der Waals surface area contributed by atoms with E-state index < -0.39 is 17.4 Å². The second-order valence-corrected chi connectivity index (χ2v) is 9.28. The maximum absolute atomic E-state index is 14.0. The van der Waals surface area contributed by atoms with Gasteiger partial charge >= 0.3 is 6.18 Å². The lowest BCUT2D eigenvalue weighted by Gasteiger charge is -2.17. The Hall–Kier alpha value is -3.35. The third-order valence-corrected chi connectivity index (χ3v) is 6.05. The number of halogens is 4. The minimum absolute atomic E-state index is 0.0692. The molecule has 0 saturated carbocycles. The van der Waals surface area contributed by atoms with Crippen LogP contribution in [0.1, 0.15) is 75.3 Å². The first-order chi connectivity index (χ1) is 18.9. The lowest BCUT2D eigenvalue weighted by molar-refractivity contribution is -0.138. The molecular weight excluding hydrogens is 520 g/mol. The molecule has 5 nitrogen and oxygen atoms in total. The summed E-state index contributed by atoms with van der Waals surface area (Å²) in [6, 6.07) is 11.2. The van der Waals surface area contributed by atoms with Crippen molar-refractivity contribution in [3.8, 4) is 12.8 Å². The molecule has 1 aliphatic heterocycles. The number of hydrogen-bond donors (Lipinski definition) is 2. The minimum atomic E-state index is -4.49. The van der Waals surface area contributed by atoms with Crippen LogP contribution in [0.5, 0.6) is 0 Å². The first kappa shape index (κ1) is 36.6. The number of aryl methyl sites for hydroxylation is 2. The van der Waals surface area contributed by atoms with Gasteiger partial charge in [-0.1, -0.05) is 62.0 Å². The number of hydrazine groups is 1. The van der Waals surface area contributed by atoms with Crippen molar-refractivity contribution in [3.05, 3.63) is 83.1 Å². The van der Waals surface area contributed by atoms with Gasteiger partial charge in [-0.3, -0.25) is 5.84 Å². The molecule has 1 atom stereocenters. The van der Waals surface area contributed by atoms with Crippen LogP contribution in [0.3, 0.4) is 0 Å². The van der Waals surface area contributed by atoms with Gasteiger partial charge in [-0.05, 0) is 81.0 Å². The lowest BCUT2D eigenvalue weighted by atomic mass is 9.94. The van der Waals surface area contributed by atoms with Gasteiger partial charge in [0, 0.05) is 6.54 Å². The molecule has 0 amide bonds. The normalized spacial score (nSPS) is 15.4. The minimum Gasteiger partial charge on any atom is -0.405 e. The molecule has 1 saturated heterocycles. The number of hydrogen-bond acceptors (Lipinski definition) is 5. The molecule has 1 fully saturated rings. The van der Waals surface area contributed by atoms with E-state index in [0.29, 0.717) is 29.9 Å². The molecule has 0 bridgehead atoms. The molecule has 0 spiro atoms. The van der Waals surface area contributed by atoms with Crippen LogP contribution < -0.4 is 11.6 Å². The average Bonchev–Trinajstić information content (AvgIpc) is 3.33. The Balaban J connectivity index is 0.00000199. The first-order valence-corrected chi connectivity index (χ1v) is 13.2. The molecule has 222 valence electrons. The highest BCUT2D eigenvalue weighted by Gasteiger charge is 2.33. The van der Waals surface area contributed by atoms with Gasteiger partial charge in [0.25, 0.3) is 0 Å². The molecule has 1 aliphatic rings. The van der Waals surface area contributed by atoms with Crippen LogP contribution in [-0.4, -0.2) is 29.9 Å². The van der Waals surface area contributed by atoms with Gasteiger partial charge in [0.05, 0.1) is 17.3 Å². The van der Waals surface area contributed by atoms with Crippen molar-refractivity contribution >= 4 is 5.71 Å². The Bertz CT molecular complexity index is 1060. The fourth-order valence-electron chi connectivity index (χ4n) is 3.94. The van der Waals surface area contributed by atoms with E-state index in [2.05, 4.69) is 30.3 Å². The molecule has 4 N–H and O–H groups in total. The zero-order chi connectivity index (χ0) is 30.9. The molecule has 0 aromatic heterocycles. The third-order valence-electron chi connectivity index (χ3n) is 6.05. The highest BCUT2D eigenvalue weighted by Crippen LogP contribution is 2.34. The number of alkyl halides is 4. The molecule has 0 aliphatic carbocycles. The van der Waals surface area contributed by atoms with Crippen molar-refractivity contribution in [1.82, 2.24) is 5.01 Å². The summed E-state index contributed by atoms with van der Waals surface area (Å²) in [6.45, 7) is 12.8. The smallest absolute Gasteiger partial charge is 0.405 e. The summed E-state index contributed by atoms with van der Waals surface area (Å²) in [5.74, 6) is 5.85. The van der Waals surface area contributed by atoms with E-state index in [-0.39, 0.29) is 18.0 Å². The molecule has 40 heavy (non-hydrogen) atoms. The van der Waals surface area contributed by atoms with Crippen LogP contribution in [0.2, 0.25) is 0 Å². The van der Waals surface area contributed by atoms with Crippen molar-refractivity contribution < 1.29 is 22.4 Å². The SMILES string of the molecule is C#C.C/C(=N\OCC1CCCN1N)c1ccc(CCc2ccc(C(C)(C)F)cc2)c(C(F)(F)F)c1.C=CN.CC. The summed E-state index contributed by atoms with van der Waals surface area (Å²) >= 11 is 0. The Labute approximate surface area is 237 Å². The Morgan fingerprint density at radius 3 is 2.15 bits per heavy atom. The summed E-state index contributed by atoms with van der Waals surface area (Å²) in [4.78, 5) is 5.36. The zero-order valence-electron chi connectivity index (χ0n) is 24.3. The van der Waals surface area contributed by atoms with E-state index in [1.807, 2.05) is 13.8 Å². The Morgan fingerprint density at radius 2 is 1.68 bits per heavy atom. The number of nitrogens with two attached hydrogens (primary N) is 2. The van der Waals surface area contributed by atoms with Crippen LogP contribution in [0.15, 0.2) is 60.4 Å². The van der Waals surface area contributed by atoms with Crippen molar-refractivity contribution in [3.63, 3.8) is 0 Å². The van der Waals surface area contributed by atoms with E-state index in [4.69, 9.17) is 10.7 Å². The van der Waals surface area contributed by atoms with Gasteiger partial charge in [0.1, 0.15) is 12.3 Å². The van der Waals surface area contributed by atoms with Gasteiger partial charge in [-0.15, -0.1) is 12.8 Å². The number of nitrogens with zero attached hydrogens (tertiary/aromatic N) is 2. The van der Waals surface area contributed by atoms with E-state index in [1.165, 1.54) is 26.1 Å². The molecule has 3 rings (SSSR count). The molecule has 9 heteroatoms. The molecule has 1 unspecified atom stereocenters. The van der Waals surface area contributed by atoms with Crippen molar-refractivity contribution in [1.29, 1.82) is 0 Å². The van der Waals surface area contributed by atoms with Gasteiger partial charge in [0.15, 0.2) is 0 Å². The quantitative estimate of drug-likeness (QED) is 0.118. The summed E-state index contributed by atoms with van der Waals surface area (Å²) in [5, 5.41) is 5.70. The maximum atomic E-state index is 14.0. The molecular formula is C31H44F4N4O. The van der Waals surface area contributed by atoms with Crippen molar-refractivity contribution in [2.75, 3.05) is 13.2 Å². The monoisotopic (exact) mass is 564 g/mol. The highest BCUT2D eigenvalue weighted by molar-refractivity contribution is 5.98. The Kier molecular flexibility index (Phi) is 16.6. The predicted molar refractivity (Wildman–Crippen MR) is 157 cm³/mol. The van der Waals surface area contributed by atoms with E-state index in [1.54, 1.807) is 42.3 Å². The molecule has 1 heterocycles. The van der Waals surface area contributed by atoms with Gasteiger partial charge in [0.2, 0.25) is 0 Å². The Morgan fingerprint density at radius 1 is 1.10 bits per heavy atom. The van der Waals surface area contributed by atoms with E-state index in [9.17, 15) is 17.6 Å². The fraction of sp³-hybridized carbons (Fsp3) is 0.452. The predicted octanol–water partition coefficient (Wildman–Crippen LogP) is 7.14. The largest absolute Gasteiger partial charge is 0.416 e. The van der Waals surface area contributed by atoms with Crippen molar-refractivity contribution in [2.45, 2.75) is 78.2 Å². The van der Waals surface area contributed by atoms with Crippen LogP contribution in [-0.2, 0) is 29.5 Å². The van der Waals surface area contributed by atoms with Crippen LogP contribution >= 0.6 is 0 Å². The standard InChI is InChI=1S/C25H31F4N3O.C2H5N.C2H6.C2H2/c1-17(31-33-16-22-5-4-14-32(22)30)20-11-10-19(23(15-20)25(27,28)29)9-6-18-7-12-21(13-8-18)24(2,3)26;1-2-3;2*1-2/h7-8,10-13,15,22H,4-6,9,14,16,30H2,1-3H3;2H,1,3H2;1-2H3;1-2H/b31-17+;;;. The van der Waals surface area contributed by atoms with Crippen LogP contribution in [0.25, 0.3) is 0 Å². The fourth-order valence-corrected chi connectivity index (χ4v) is 3.94. The molecule has 0 radical (unpaired) electrons. The maximum Gasteiger partial charge on any atom is 0.416 e. The second kappa shape index (κ2) is 18.1. The van der Waals surface area contributed by atoms with Gasteiger partial charge < -0.3 is 10.6 Å². The third kappa shape index (κ3) is 12.2. The first-order valence-electron chi connectivity index (χ1n) is 13.2. The van der Waals surface area contributed by atoms with E-state index >= 15 is 0 Å². The summed E-state index contributed by atoms with van der Waals surface area (Å²) in [7, 11) is 0. The lowest BCUT2D eigenvalue weighted by Crippen LogP contribution is -2.38. The summed E-state index contributed by atoms with van der Waals surface area (Å²) in [5.41, 5.74) is 4.80. The van der Waals surface area contributed by atoms with Crippen molar-refractivity contribution in [2.24, 2.45) is 16.7 Å². The summed E-state index contributed by atoms with van der Waals surface area (Å²) in [6.07, 6.45) is 7.29. The van der Waals surface area contributed by atoms with E-state index in [0.717, 1.165) is 31.0 Å². The van der Waals surface area contributed by atoms with Gasteiger partial charge in [-0.2, -0.15) is 13.2 Å². The number of terminal acetylenes is 1. The van der Waals surface area contributed by atoms with Gasteiger partial charge in [-0.25, -0.2) is 9.40 Å². The second-order valence-electron chi connectivity index (χ2n) is 9.28. The molecule has 2 aromatic rings. The number of rotatable bonds is 8. The highest BCUT2D eigenvalue weighted by atomic mass is 19.4. The topological polar surface area (TPSA) is 76.9 Å². The number of benzene rings is 2. The molecule has 2 aromatic carbocycles. The van der Waals surface area contributed by atoms with Crippen LogP contribution in [0, 0.1) is 12.8 Å². The van der Waals surface area contributed by atoms with Crippen LogP contribution in [0.4, 0.5) is 17.6 Å². The zero-order valence-corrected chi connectivity index (χ0v) is 24.3. The summed E-state index contributed by atoms with van der Waals surface area (Å²) < 4.78 is 55.3.